The van der Waals surface area contributed by atoms with E-state index in [2.05, 4.69) is 4.72 Å². The van der Waals surface area contributed by atoms with Crippen LogP contribution in [0.2, 0.25) is 5.02 Å². The fourth-order valence-corrected chi connectivity index (χ4v) is 2.77. The predicted molar refractivity (Wildman–Crippen MR) is 76.2 cm³/mol. The first-order valence-electron chi connectivity index (χ1n) is 5.78. The zero-order chi connectivity index (χ0) is 15.6. The molecule has 0 fully saturated rings. The second-order valence-corrected chi connectivity index (χ2v) is 6.43. The number of sulfonamides is 1. The normalized spacial score (nSPS) is 11.6. The van der Waals surface area contributed by atoms with E-state index in [-0.39, 0.29) is 22.2 Å². The molecule has 0 aliphatic carbocycles. The highest BCUT2D eigenvalue weighted by molar-refractivity contribution is 7.89. The summed E-state index contributed by atoms with van der Waals surface area (Å²) in [6.07, 6.45) is 0. The van der Waals surface area contributed by atoms with E-state index >= 15 is 0 Å². The van der Waals surface area contributed by atoms with Gasteiger partial charge in [-0.25, -0.2) is 21.9 Å². The third kappa shape index (κ3) is 3.69. The van der Waals surface area contributed by atoms with Crippen molar-refractivity contribution in [1.29, 1.82) is 0 Å². The molecule has 0 amide bonds. The van der Waals surface area contributed by atoms with Crippen molar-refractivity contribution in [3.63, 3.8) is 0 Å². The molecule has 0 saturated carbocycles. The van der Waals surface area contributed by atoms with Crippen LogP contribution in [0.4, 0.5) is 14.5 Å². The fraction of sp³-hybridized carbons (Fsp3) is 0.0769. The first kappa shape index (κ1) is 15.7. The summed E-state index contributed by atoms with van der Waals surface area (Å²) >= 11 is 5.72. The van der Waals surface area contributed by atoms with Gasteiger partial charge < -0.3 is 5.73 Å². The first-order valence-corrected chi connectivity index (χ1v) is 7.64. The van der Waals surface area contributed by atoms with Crippen LogP contribution < -0.4 is 10.5 Å². The Balaban J connectivity index is 2.17. The molecule has 0 bridgehead atoms. The Labute approximate surface area is 125 Å². The average molecular weight is 333 g/mol. The highest BCUT2D eigenvalue weighted by Crippen LogP contribution is 2.22. The summed E-state index contributed by atoms with van der Waals surface area (Å²) in [6.45, 7) is -0.179. The number of anilines is 1. The quantitative estimate of drug-likeness (QED) is 0.845. The van der Waals surface area contributed by atoms with E-state index in [1.807, 2.05) is 0 Å². The fourth-order valence-electron chi connectivity index (χ4n) is 1.60. The van der Waals surface area contributed by atoms with Gasteiger partial charge in [0, 0.05) is 6.54 Å². The van der Waals surface area contributed by atoms with Gasteiger partial charge in [-0.05, 0) is 35.9 Å². The van der Waals surface area contributed by atoms with Crippen molar-refractivity contribution in [3.05, 3.63) is 58.6 Å². The van der Waals surface area contributed by atoms with Crippen molar-refractivity contribution in [2.45, 2.75) is 11.4 Å². The molecule has 8 heteroatoms. The molecule has 21 heavy (non-hydrogen) atoms. The van der Waals surface area contributed by atoms with Gasteiger partial charge >= 0.3 is 0 Å². The van der Waals surface area contributed by atoms with Gasteiger partial charge in [0.2, 0.25) is 10.0 Å². The van der Waals surface area contributed by atoms with Gasteiger partial charge in [-0.2, -0.15) is 0 Å². The Kier molecular flexibility index (Phi) is 4.46. The summed E-state index contributed by atoms with van der Waals surface area (Å²) in [5.74, 6) is -2.03. The van der Waals surface area contributed by atoms with Crippen LogP contribution in [0.15, 0.2) is 41.3 Å². The summed E-state index contributed by atoms with van der Waals surface area (Å²) < 4.78 is 52.2. The lowest BCUT2D eigenvalue weighted by Crippen LogP contribution is -2.23. The van der Waals surface area contributed by atoms with Gasteiger partial charge in [0.05, 0.1) is 15.6 Å². The molecule has 112 valence electrons. The molecule has 0 atom stereocenters. The molecule has 0 spiro atoms. The number of nitrogens with one attached hydrogen (secondary N) is 1. The molecular formula is C13H11ClF2N2O2S. The van der Waals surface area contributed by atoms with Crippen molar-refractivity contribution in [2.24, 2.45) is 0 Å². The van der Waals surface area contributed by atoms with E-state index in [1.165, 1.54) is 24.3 Å². The predicted octanol–water partition coefficient (Wildman–Crippen LogP) is 2.68. The Morgan fingerprint density at radius 3 is 2.43 bits per heavy atom. The minimum absolute atomic E-state index is 0.0630. The van der Waals surface area contributed by atoms with Gasteiger partial charge in [-0.3, -0.25) is 0 Å². The number of benzene rings is 2. The summed E-state index contributed by atoms with van der Waals surface area (Å²) in [6, 6.07) is 7.02. The molecule has 2 aromatic carbocycles. The maximum atomic E-state index is 13.0. The monoisotopic (exact) mass is 332 g/mol. The summed E-state index contributed by atoms with van der Waals surface area (Å²) in [5, 5.41) is 0.245. The highest BCUT2D eigenvalue weighted by atomic mass is 35.5. The zero-order valence-corrected chi connectivity index (χ0v) is 12.2. The van der Waals surface area contributed by atoms with Crippen LogP contribution in [-0.4, -0.2) is 8.42 Å². The topological polar surface area (TPSA) is 72.2 Å². The molecule has 0 aliphatic rings. The smallest absolute Gasteiger partial charge is 0.240 e. The highest BCUT2D eigenvalue weighted by Gasteiger charge is 2.15. The number of halogens is 3. The van der Waals surface area contributed by atoms with E-state index < -0.39 is 21.7 Å². The number of hydrogen-bond acceptors (Lipinski definition) is 3. The molecule has 2 rings (SSSR count). The lowest BCUT2D eigenvalue weighted by molar-refractivity contribution is 0.506. The van der Waals surface area contributed by atoms with Crippen molar-refractivity contribution < 1.29 is 17.2 Å². The Morgan fingerprint density at radius 1 is 1.10 bits per heavy atom. The van der Waals surface area contributed by atoms with Gasteiger partial charge in [0.25, 0.3) is 0 Å². The number of hydrogen-bond donors (Lipinski definition) is 2. The van der Waals surface area contributed by atoms with E-state index in [0.717, 1.165) is 12.1 Å². The molecule has 0 radical (unpaired) electrons. The van der Waals surface area contributed by atoms with Crippen molar-refractivity contribution >= 4 is 27.3 Å². The van der Waals surface area contributed by atoms with Crippen LogP contribution in [0.1, 0.15) is 5.56 Å². The van der Waals surface area contributed by atoms with E-state index in [9.17, 15) is 17.2 Å². The minimum Gasteiger partial charge on any atom is -0.397 e. The van der Waals surface area contributed by atoms with E-state index in [0.29, 0.717) is 5.56 Å². The molecule has 0 aliphatic heterocycles. The third-order valence-corrected chi connectivity index (χ3v) is 4.47. The maximum absolute atomic E-state index is 13.0. The lowest BCUT2D eigenvalue weighted by atomic mass is 10.2. The molecule has 0 unspecified atom stereocenters. The molecular weight excluding hydrogens is 322 g/mol. The van der Waals surface area contributed by atoms with Crippen LogP contribution in [0.3, 0.4) is 0 Å². The second-order valence-electron chi connectivity index (χ2n) is 4.26. The van der Waals surface area contributed by atoms with Gasteiger partial charge in [0.1, 0.15) is 0 Å². The zero-order valence-electron chi connectivity index (χ0n) is 10.6. The largest absolute Gasteiger partial charge is 0.397 e. The van der Waals surface area contributed by atoms with Gasteiger partial charge in [-0.1, -0.05) is 17.7 Å². The minimum atomic E-state index is -3.83. The molecule has 0 aromatic heterocycles. The van der Waals surface area contributed by atoms with Crippen molar-refractivity contribution in [1.82, 2.24) is 4.72 Å². The Bertz CT molecular complexity index is 782. The molecule has 0 heterocycles. The summed E-state index contributed by atoms with van der Waals surface area (Å²) in [7, 11) is -3.83. The second kappa shape index (κ2) is 5.97. The Hall–Kier alpha value is -1.70. The van der Waals surface area contributed by atoms with E-state index in [1.54, 1.807) is 0 Å². The third-order valence-electron chi connectivity index (χ3n) is 2.73. The number of rotatable bonds is 4. The first-order chi connectivity index (χ1) is 9.79. The number of nitrogen functional groups attached to an aromatic ring is 1. The SMILES string of the molecule is Nc1cc(S(=O)(=O)NCc2ccc(F)c(F)c2)ccc1Cl. The van der Waals surface area contributed by atoms with Crippen LogP contribution in [-0.2, 0) is 16.6 Å². The molecule has 4 nitrogen and oxygen atoms in total. The standard InChI is InChI=1S/C13H11ClF2N2O2S/c14-10-3-2-9(6-13(10)17)21(19,20)18-7-8-1-4-11(15)12(16)5-8/h1-6,18H,7,17H2. The van der Waals surface area contributed by atoms with Gasteiger partial charge in [-0.15, -0.1) is 0 Å². The average Bonchev–Trinajstić information content (AvgIpc) is 2.43. The van der Waals surface area contributed by atoms with Crippen LogP contribution in [0, 0.1) is 11.6 Å². The number of nitrogens with two attached hydrogens (primary N) is 1. The molecule has 3 N–H and O–H groups in total. The maximum Gasteiger partial charge on any atom is 0.240 e. The van der Waals surface area contributed by atoms with Crippen LogP contribution >= 0.6 is 11.6 Å². The molecule has 2 aromatic rings. The van der Waals surface area contributed by atoms with E-state index in [4.69, 9.17) is 17.3 Å². The van der Waals surface area contributed by atoms with Gasteiger partial charge in [0.15, 0.2) is 11.6 Å². The summed E-state index contributed by atoms with van der Waals surface area (Å²) in [5.41, 5.74) is 5.97. The Morgan fingerprint density at radius 2 is 1.81 bits per heavy atom. The van der Waals surface area contributed by atoms with Crippen molar-refractivity contribution in [3.8, 4) is 0 Å². The van der Waals surface area contributed by atoms with Crippen LogP contribution in [0.25, 0.3) is 0 Å². The lowest BCUT2D eigenvalue weighted by Gasteiger charge is -2.08. The summed E-state index contributed by atoms with van der Waals surface area (Å²) in [4.78, 5) is -0.0630. The van der Waals surface area contributed by atoms with Crippen molar-refractivity contribution in [2.75, 3.05) is 5.73 Å². The molecule has 0 saturated heterocycles. The van der Waals surface area contributed by atoms with Crippen LogP contribution in [0.5, 0.6) is 0 Å².